The molecule has 9 nitrogen and oxygen atoms in total. The van der Waals surface area contributed by atoms with Crippen molar-refractivity contribution in [3.8, 4) is 28.3 Å². The van der Waals surface area contributed by atoms with Gasteiger partial charge in [-0.15, -0.1) is 5.10 Å². The van der Waals surface area contributed by atoms with Crippen LogP contribution in [-0.4, -0.2) is 39.3 Å². The lowest BCUT2D eigenvalue weighted by molar-refractivity contribution is 0.657. The van der Waals surface area contributed by atoms with Gasteiger partial charge in [0.2, 0.25) is 0 Å². The van der Waals surface area contributed by atoms with E-state index in [9.17, 15) is 4.79 Å². The molecule has 0 atom stereocenters. The third kappa shape index (κ3) is 4.57. The summed E-state index contributed by atoms with van der Waals surface area (Å²) in [5.41, 5.74) is 4.76. The molecule has 0 fully saturated rings. The first-order valence-electron chi connectivity index (χ1n) is 11.9. The van der Waals surface area contributed by atoms with E-state index in [0.29, 0.717) is 12.4 Å². The van der Waals surface area contributed by atoms with E-state index >= 15 is 0 Å². The first-order chi connectivity index (χ1) is 17.2. The van der Waals surface area contributed by atoms with Crippen LogP contribution in [0.25, 0.3) is 28.3 Å². The number of H-pyrrole nitrogens is 1. The van der Waals surface area contributed by atoms with Crippen molar-refractivity contribution in [2.24, 2.45) is 0 Å². The first-order valence-corrected chi connectivity index (χ1v) is 11.9. The van der Waals surface area contributed by atoms with Crippen molar-refractivity contribution in [1.29, 1.82) is 0 Å². The summed E-state index contributed by atoms with van der Waals surface area (Å²) in [4.78, 5) is 18.1. The highest BCUT2D eigenvalue weighted by Crippen LogP contribution is 2.24. The van der Waals surface area contributed by atoms with E-state index in [2.05, 4.69) is 44.0 Å². The maximum atomic E-state index is 13.5. The fraction of sp³-hybridized carbons (Fsp3) is 0.269. The molecule has 0 radical (unpaired) electrons. The summed E-state index contributed by atoms with van der Waals surface area (Å²) in [6, 6.07) is 16.0. The molecule has 35 heavy (non-hydrogen) atoms. The number of aromatic amines is 1. The van der Waals surface area contributed by atoms with Crippen LogP contribution in [-0.2, 0) is 19.5 Å². The molecule has 178 valence electrons. The van der Waals surface area contributed by atoms with Gasteiger partial charge in [-0.05, 0) is 71.7 Å². The predicted molar refractivity (Wildman–Crippen MR) is 134 cm³/mol. The number of rotatable bonds is 9. The van der Waals surface area contributed by atoms with E-state index in [4.69, 9.17) is 0 Å². The van der Waals surface area contributed by atoms with Gasteiger partial charge in [0.15, 0.2) is 5.82 Å². The zero-order chi connectivity index (χ0) is 24.2. The predicted octanol–water partition coefficient (Wildman–Crippen LogP) is 4.09. The number of benzene rings is 1. The van der Waals surface area contributed by atoms with E-state index < -0.39 is 0 Å². The maximum Gasteiger partial charge on any atom is 0.334 e. The van der Waals surface area contributed by atoms with Crippen molar-refractivity contribution in [2.75, 3.05) is 0 Å². The van der Waals surface area contributed by atoms with Gasteiger partial charge in [0.25, 0.3) is 0 Å². The zero-order valence-electron chi connectivity index (χ0n) is 19.9. The zero-order valence-corrected chi connectivity index (χ0v) is 19.9. The van der Waals surface area contributed by atoms with Crippen LogP contribution in [0.3, 0.4) is 0 Å². The largest absolute Gasteiger partial charge is 0.334 e. The lowest BCUT2D eigenvalue weighted by Crippen LogP contribution is -2.26. The Morgan fingerprint density at radius 2 is 1.86 bits per heavy atom. The monoisotopic (exact) mass is 468 g/mol. The van der Waals surface area contributed by atoms with Crippen LogP contribution in [0.4, 0.5) is 0 Å². The van der Waals surface area contributed by atoms with Crippen LogP contribution in [0.15, 0.2) is 71.9 Å². The Morgan fingerprint density at radius 3 is 2.66 bits per heavy atom. The highest BCUT2D eigenvalue weighted by molar-refractivity contribution is 5.70. The third-order valence-electron chi connectivity index (χ3n) is 6.19. The number of nitrogens with zero attached hydrogens (tertiary/aromatic N) is 7. The van der Waals surface area contributed by atoms with E-state index in [1.807, 2.05) is 65.5 Å². The van der Waals surface area contributed by atoms with Gasteiger partial charge in [-0.2, -0.15) is 0 Å². The molecule has 4 heterocycles. The molecule has 9 heteroatoms. The number of hydrogen-bond acceptors (Lipinski definition) is 5. The lowest BCUT2D eigenvalue weighted by atomic mass is 10.0. The van der Waals surface area contributed by atoms with Crippen molar-refractivity contribution in [3.63, 3.8) is 0 Å². The molecule has 0 bridgehead atoms. The van der Waals surface area contributed by atoms with Crippen LogP contribution in [0.1, 0.15) is 38.1 Å². The first kappa shape index (κ1) is 22.5. The number of pyridine rings is 1. The van der Waals surface area contributed by atoms with Crippen LogP contribution in [0.2, 0.25) is 0 Å². The molecule has 0 saturated heterocycles. The average molecular weight is 469 g/mol. The van der Waals surface area contributed by atoms with Crippen LogP contribution >= 0.6 is 0 Å². The van der Waals surface area contributed by atoms with Crippen LogP contribution < -0.4 is 5.69 Å². The lowest BCUT2D eigenvalue weighted by Gasteiger charge is -2.09. The minimum Gasteiger partial charge on any atom is -0.334 e. The second-order valence-corrected chi connectivity index (χ2v) is 8.48. The highest BCUT2D eigenvalue weighted by atomic mass is 16.1. The molecule has 0 amide bonds. The average Bonchev–Trinajstić information content (AvgIpc) is 3.65. The molecule has 0 aliphatic carbocycles. The van der Waals surface area contributed by atoms with Crippen molar-refractivity contribution in [3.05, 3.63) is 89.0 Å². The normalized spacial score (nSPS) is 11.3. The Kier molecular flexibility index (Phi) is 6.38. The number of unbranched alkanes of at least 4 members (excludes halogenated alkanes) is 1. The van der Waals surface area contributed by atoms with E-state index in [-0.39, 0.29) is 5.69 Å². The number of aromatic nitrogens is 8. The van der Waals surface area contributed by atoms with Crippen LogP contribution in [0.5, 0.6) is 0 Å². The summed E-state index contributed by atoms with van der Waals surface area (Å²) >= 11 is 0. The third-order valence-corrected chi connectivity index (χ3v) is 6.19. The number of tetrazole rings is 1. The van der Waals surface area contributed by atoms with Crippen molar-refractivity contribution in [2.45, 2.75) is 46.2 Å². The summed E-state index contributed by atoms with van der Waals surface area (Å²) < 4.78 is 5.68. The second kappa shape index (κ2) is 9.92. The summed E-state index contributed by atoms with van der Waals surface area (Å²) in [5.74, 6) is 1.50. The van der Waals surface area contributed by atoms with Gasteiger partial charge in [0.1, 0.15) is 5.82 Å². The summed E-state index contributed by atoms with van der Waals surface area (Å²) in [5, 5.41) is 14.1. The Labute approximate surface area is 203 Å². The Bertz CT molecular complexity index is 1480. The number of nitrogens with one attached hydrogen (secondary N) is 1. The van der Waals surface area contributed by atoms with Crippen molar-refractivity contribution < 1.29 is 0 Å². The van der Waals surface area contributed by atoms with E-state index in [1.54, 1.807) is 10.8 Å². The van der Waals surface area contributed by atoms with Gasteiger partial charge in [-0.25, -0.2) is 9.89 Å². The van der Waals surface area contributed by atoms with Gasteiger partial charge >= 0.3 is 5.69 Å². The minimum atomic E-state index is -0.0449. The molecule has 5 aromatic rings. The summed E-state index contributed by atoms with van der Waals surface area (Å²) in [7, 11) is 0. The molecule has 0 spiro atoms. The molecule has 0 unspecified atom stereocenters. The van der Waals surface area contributed by atoms with E-state index in [0.717, 1.165) is 59.7 Å². The molecule has 0 aliphatic heterocycles. The molecule has 1 N–H and O–H groups in total. The highest BCUT2D eigenvalue weighted by Gasteiger charge is 2.16. The number of imidazole rings is 1. The SMILES string of the molecule is CCCCc1cn(-c2cccn2CC)c(=O)n1Cc1cc(-c2cccc(-c3nnn[nH]3)c2)ccn1. The molecule has 0 saturated carbocycles. The summed E-state index contributed by atoms with van der Waals surface area (Å²) in [6.45, 7) is 5.46. The van der Waals surface area contributed by atoms with Gasteiger partial charge < -0.3 is 4.57 Å². The number of hydrogen-bond donors (Lipinski definition) is 1. The Hall–Kier alpha value is -4.27. The summed E-state index contributed by atoms with van der Waals surface area (Å²) in [6.07, 6.45) is 8.71. The molecule has 0 aliphatic rings. The van der Waals surface area contributed by atoms with Gasteiger partial charge in [0, 0.05) is 36.4 Å². The van der Waals surface area contributed by atoms with Crippen LogP contribution in [0, 0.1) is 0 Å². The molecule has 1 aromatic carbocycles. The molecule has 4 aromatic heterocycles. The van der Waals surface area contributed by atoms with E-state index in [1.165, 1.54) is 0 Å². The van der Waals surface area contributed by atoms with Gasteiger partial charge in [0.05, 0.1) is 12.2 Å². The Morgan fingerprint density at radius 1 is 1.00 bits per heavy atom. The van der Waals surface area contributed by atoms with Gasteiger partial charge in [-0.1, -0.05) is 31.5 Å². The number of aryl methyl sites for hydroxylation is 2. The Balaban J connectivity index is 1.49. The van der Waals surface area contributed by atoms with Crippen molar-refractivity contribution >= 4 is 0 Å². The van der Waals surface area contributed by atoms with Gasteiger partial charge in [-0.3, -0.25) is 14.1 Å². The fourth-order valence-electron chi connectivity index (χ4n) is 4.34. The molecule has 5 rings (SSSR count). The quantitative estimate of drug-likeness (QED) is 0.351. The van der Waals surface area contributed by atoms with Crippen molar-refractivity contribution in [1.82, 2.24) is 39.3 Å². The minimum absolute atomic E-state index is 0.0449. The standard InChI is InChI=1S/C26H28N8O/c1-3-5-10-23-18-34(24-11-7-14-32(24)4-2)26(35)33(23)17-22-16-20(12-13-27-22)19-8-6-9-21(15-19)25-28-30-31-29-25/h6-9,11-16,18H,3-5,10,17H2,1-2H3,(H,28,29,30,31). The fourth-order valence-corrected chi connectivity index (χ4v) is 4.34. The maximum absolute atomic E-state index is 13.5. The smallest absolute Gasteiger partial charge is 0.334 e. The molecular weight excluding hydrogens is 440 g/mol. The molecular formula is C26H28N8O. The second-order valence-electron chi connectivity index (χ2n) is 8.48. The topological polar surface area (TPSA) is 99.2 Å².